The van der Waals surface area contributed by atoms with Crippen molar-refractivity contribution in [2.75, 3.05) is 19.7 Å². The number of likely N-dealkylation sites (tertiary alicyclic amines) is 1. The second kappa shape index (κ2) is 6.80. The summed E-state index contributed by atoms with van der Waals surface area (Å²) in [5.74, 6) is 1.36. The lowest BCUT2D eigenvalue weighted by molar-refractivity contribution is -0.131. The number of rotatable bonds is 3. The number of aromatic nitrogens is 2. The molecule has 1 amide bonds. The molecule has 2 aliphatic rings. The van der Waals surface area contributed by atoms with Gasteiger partial charge in [-0.3, -0.25) is 4.79 Å². The maximum Gasteiger partial charge on any atom is 0.222 e. The number of carbonyl (C=O) groups excluding carboxylic acids is 1. The lowest BCUT2D eigenvalue weighted by atomic mass is 9.80. The molecular weight excluding hydrogens is 326 g/mol. The highest BCUT2D eigenvalue weighted by Crippen LogP contribution is 2.39. The number of fused-ring (bicyclic) bond motifs is 2. The van der Waals surface area contributed by atoms with Crippen LogP contribution in [0.25, 0.3) is 11.4 Å². The molecule has 1 fully saturated rings. The molecule has 1 saturated heterocycles. The number of carbonyl (C=O) groups is 1. The van der Waals surface area contributed by atoms with Crippen molar-refractivity contribution in [3.8, 4) is 11.4 Å². The van der Waals surface area contributed by atoms with Crippen molar-refractivity contribution in [1.29, 1.82) is 0 Å². The topological polar surface area (TPSA) is 55.3 Å². The zero-order valence-electron chi connectivity index (χ0n) is 15.4. The first-order valence-corrected chi connectivity index (χ1v) is 9.35. The molecule has 3 heterocycles. The van der Waals surface area contributed by atoms with Gasteiger partial charge in [0.1, 0.15) is 0 Å². The number of amides is 1. The van der Waals surface area contributed by atoms with Gasteiger partial charge in [0.25, 0.3) is 0 Å². The van der Waals surface area contributed by atoms with Crippen molar-refractivity contribution in [2.45, 2.75) is 38.7 Å². The van der Waals surface area contributed by atoms with E-state index < -0.39 is 0 Å². The Bertz CT molecular complexity index is 806. The lowest BCUT2D eigenvalue weighted by Crippen LogP contribution is -2.41. The summed E-state index contributed by atoms with van der Waals surface area (Å²) >= 11 is 0. The quantitative estimate of drug-likeness (QED) is 0.852. The Hall–Kier alpha value is -2.27. The van der Waals surface area contributed by atoms with Crippen molar-refractivity contribution in [3.05, 3.63) is 47.8 Å². The molecule has 0 unspecified atom stereocenters. The minimum atomic E-state index is -0.202. The molecule has 0 N–H and O–H groups in total. The van der Waals surface area contributed by atoms with Crippen molar-refractivity contribution >= 4 is 5.91 Å². The second-order valence-electron chi connectivity index (χ2n) is 7.87. The van der Waals surface area contributed by atoms with E-state index in [1.54, 1.807) is 0 Å². The van der Waals surface area contributed by atoms with Crippen LogP contribution < -0.4 is 0 Å². The van der Waals surface area contributed by atoms with E-state index in [-0.39, 0.29) is 11.3 Å². The van der Waals surface area contributed by atoms with Gasteiger partial charge in [-0.25, -0.2) is 9.97 Å². The van der Waals surface area contributed by atoms with Crippen molar-refractivity contribution in [1.82, 2.24) is 14.9 Å². The summed E-state index contributed by atoms with van der Waals surface area (Å²) in [6.07, 6.45) is 3.39. The van der Waals surface area contributed by atoms with Gasteiger partial charge in [0.05, 0.1) is 24.3 Å². The molecule has 136 valence electrons. The number of ether oxygens (including phenoxy) is 1. The molecule has 0 radical (unpaired) electrons. The second-order valence-corrected chi connectivity index (χ2v) is 7.87. The normalized spacial score (nSPS) is 22.0. The van der Waals surface area contributed by atoms with Gasteiger partial charge in [0, 0.05) is 36.8 Å². The molecule has 26 heavy (non-hydrogen) atoms. The zero-order chi connectivity index (χ0) is 18.1. The summed E-state index contributed by atoms with van der Waals surface area (Å²) in [6.45, 7) is 6.81. The van der Waals surface area contributed by atoms with Gasteiger partial charge < -0.3 is 9.64 Å². The van der Waals surface area contributed by atoms with E-state index in [9.17, 15) is 4.79 Å². The van der Waals surface area contributed by atoms with Gasteiger partial charge in [-0.05, 0) is 12.3 Å². The maximum atomic E-state index is 12.5. The van der Waals surface area contributed by atoms with Crippen LogP contribution in [0.2, 0.25) is 0 Å². The van der Waals surface area contributed by atoms with Crippen LogP contribution in [0.15, 0.2) is 36.5 Å². The van der Waals surface area contributed by atoms with Gasteiger partial charge in [-0.1, -0.05) is 44.2 Å². The maximum absolute atomic E-state index is 12.5. The fourth-order valence-corrected chi connectivity index (χ4v) is 4.00. The molecule has 1 aromatic heterocycles. The SMILES string of the molecule is CC(C)CC(=O)N1CC[C@]2(COCc3cnc(-c4ccccc4)nc32)C1. The first-order valence-electron chi connectivity index (χ1n) is 9.35. The van der Waals surface area contributed by atoms with Crippen LogP contribution >= 0.6 is 0 Å². The molecule has 2 aromatic rings. The van der Waals surface area contributed by atoms with Crippen LogP contribution in [0.4, 0.5) is 0 Å². The number of hydrogen-bond acceptors (Lipinski definition) is 4. The number of benzene rings is 1. The van der Waals surface area contributed by atoms with Gasteiger partial charge >= 0.3 is 0 Å². The number of hydrogen-bond donors (Lipinski definition) is 0. The third-order valence-corrected chi connectivity index (χ3v) is 5.32. The highest BCUT2D eigenvalue weighted by Gasteiger charge is 2.46. The Balaban J connectivity index is 1.66. The van der Waals surface area contributed by atoms with E-state index in [0.29, 0.717) is 32.1 Å². The minimum absolute atomic E-state index is 0.202. The minimum Gasteiger partial charge on any atom is -0.376 e. The smallest absolute Gasteiger partial charge is 0.222 e. The van der Waals surface area contributed by atoms with Crippen molar-refractivity contribution < 1.29 is 9.53 Å². The summed E-state index contributed by atoms with van der Waals surface area (Å²) in [7, 11) is 0. The first-order chi connectivity index (χ1) is 12.6. The fourth-order valence-electron chi connectivity index (χ4n) is 4.00. The summed E-state index contributed by atoms with van der Waals surface area (Å²) in [4.78, 5) is 24.0. The highest BCUT2D eigenvalue weighted by atomic mass is 16.5. The third kappa shape index (κ3) is 3.12. The Morgan fingerprint density at radius 3 is 2.88 bits per heavy atom. The number of nitrogens with zero attached hydrogens (tertiary/aromatic N) is 3. The van der Waals surface area contributed by atoms with E-state index in [4.69, 9.17) is 9.72 Å². The summed E-state index contributed by atoms with van der Waals surface area (Å²) in [6, 6.07) is 10.0. The zero-order valence-corrected chi connectivity index (χ0v) is 15.4. The fraction of sp³-hybridized carbons (Fsp3) is 0.476. The Kier molecular flexibility index (Phi) is 4.49. The molecule has 5 heteroatoms. The van der Waals surface area contributed by atoms with Crippen molar-refractivity contribution in [2.24, 2.45) is 5.92 Å². The predicted molar refractivity (Wildman–Crippen MR) is 99.5 cm³/mol. The van der Waals surface area contributed by atoms with Crippen LogP contribution in [0.5, 0.6) is 0 Å². The van der Waals surface area contributed by atoms with Crippen LogP contribution in [0, 0.1) is 5.92 Å². The molecule has 0 bridgehead atoms. The summed E-state index contributed by atoms with van der Waals surface area (Å²) in [5.41, 5.74) is 2.93. The average Bonchev–Trinajstić information content (AvgIpc) is 3.07. The molecule has 1 atom stereocenters. The average molecular weight is 351 g/mol. The van der Waals surface area contributed by atoms with Crippen LogP contribution in [0.1, 0.15) is 37.9 Å². The molecule has 5 nitrogen and oxygen atoms in total. The summed E-state index contributed by atoms with van der Waals surface area (Å²) in [5, 5.41) is 0. The largest absolute Gasteiger partial charge is 0.376 e. The molecule has 4 rings (SSSR count). The monoisotopic (exact) mass is 351 g/mol. The van der Waals surface area contributed by atoms with Gasteiger partial charge in [0.2, 0.25) is 5.91 Å². The van der Waals surface area contributed by atoms with Crippen LogP contribution in [0.3, 0.4) is 0 Å². The highest BCUT2D eigenvalue weighted by molar-refractivity contribution is 5.77. The van der Waals surface area contributed by atoms with Crippen molar-refractivity contribution in [3.63, 3.8) is 0 Å². The van der Waals surface area contributed by atoms with Gasteiger partial charge in [0.15, 0.2) is 5.82 Å². The predicted octanol–water partition coefficient (Wildman–Crippen LogP) is 3.19. The van der Waals surface area contributed by atoms with Gasteiger partial charge in [-0.2, -0.15) is 0 Å². The van der Waals surface area contributed by atoms with Crippen LogP contribution in [-0.2, 0) is 21.6 Å². The third-order valence-electron chi connectivity index (χ3n) is 5.32. The van der Waals surface area contributed by atoms with E-state index >= 15 is 0 Å². The molecule has 0 saturated carbocycles. The van der Waals surface area contributed by atoms with Gasteiger partial charge in [-0.15, -0.1) is 0 Å². The molecule has 1 aromatic carbocycles. The summed E-state index contributed by atoms with van der Waals surface area (Å²) < 4.78 is 5.87. The molecule has 2 aliphatic heterocycles. The standard InChI is InChI=1S/C21H25N3O2/c1-15(2)10-18(25)24-9-8-21(13-24)14-26-12-17-11-22-20(23-19(17)21)16-6-4-3-5-7-16/h3-7,11,15H,8-10,12-14H2,1-2H3/t21-/m1/s1. The Morgan fingerprint density at radius 2 is 2.12 bits per heavy atom. The molecular formula is C21H25N3O2. The van der Waals surface area contributed by atoms with E-state index in [0.717, 1.165) is 35.6 Å². The van der Waals surface area contributed by atoms with E-state index in [1.165, 1.54) is 0 Å². The molecule has 1 spiro atoms. The van der Waals surface area contributed by atoms with E-state index in [1.807, 2.05) is 41.4 Å². The van der Waals surface area contributed by atoms with E-state index in [2.05, 4.69) is 18.8 Å². The lowest BCUT2D eigenvalue weighted by Gasteiger charge is -2.34. The first kappa shape index (κ1) is 17.2. The Morgan fingerprint density at radius 1 is 1.31 bits per heavy atom. The molecule has 0 aliphatic carbocycles. The van der Waals surface area contributed by atoms with Crippen LogP contribution in [-0.4, -0.2) is 40.5 Å². The Labute approximate surface area is 154 Å².